The quantitative estimate of drug-likeness (QED) is 0.926. The monoisotopic (exact) mass is 315 g/mol. The van der Waals surface area contributed by atoms with E-state index in [1.54, 1.807) is 23.9 Å². The van der Waals surface area contributed by atoms with E-state index in [1.165, 1.54) is 0 Å². The molecule has 2 aromatic rings. The molecule has 1 atom stereocenters. The Kier molecular flexibility index (Phi) is 3.51. The molecule has 4 nitrogen and oxygen atoms in total. The molecular formula is C11H11BrClN3O. The molecule has 17 heavy (non-hydrogen) atoms. The van der Waals surface area contributed by atoms with Gasteiger partial charge in [0.25, 0.3) is 0 Å². The number of rotatable bonds is 2. The number of nitrogens with zero attached hydrogens (tertiary/aromatic N) is 3. The number of aliphatic hydroxyl groups excluding tert-OH is 1. The zero-order valence-corrected chi connectivity index (χ0v) is 11.7. The van der Waals surface area contributed by atoms with Crippen LogP contribution in [-0.2, 0) is 7.05 Å². The van der Waals surface area contributed by atoms with Gasteiger partial charge in [0.2, 0.25) is 0 Å². The highest BCUT2D eigenvalue weighted by molar-refractivity contribution is 9.10. The molecule has 6 heteroatoms. The normalized spacial score (nSPS) is 12.8. The largest absolute Gasteiger partial charge is 0.382 e. The third-order valence-corrected chi connectivity index (χ3v) is 3.57. The first-order valence-electron chi connectivity index (χ1n) is 5.00. The second-order valence-corrected chi connectivity index (χ2v) is 4.96. The van der Waals surface area contributed by atoms with Crippen LogP contribution < -0.4 is 0 Å². The van der Waals surface area contributed by atoms with Crippen molar-refractivity contribution in [1.29, 1.82) is 0 Å². The summed E-state index contributed by atoms with van der Waals surface area (Å²) in [5.74, 6) is 0. The topological polar surface area (TPSA) is 50.9 Å². The Balaban J connectivity index is 2.43. The molecule has 0 bridgehead atoms. The van der Waals surface area contributed by atoms with Crippen molar-refractivity contribution < 1.29 is 5.11 Å². The Bertz CT molecular complexity index is 536. The van der Waals surface area contributed by atoms with Crippen molar-refractivity contribution in [3.8, 4) is 0 Å². The van der Waals surface area contributed by atoms with Gasteiger partial charge >= 0.3 is 0 Å². The van der Waals surface area contributed by atoms with Gasteiger partial charge in [-0.3, -0.25) is 0 Å². The molecule has 1 N–H and O–H groups in total. The molecule has 1 heterocycles. The minimum absolute atomic E-state index is 0.542. The Morgan fingerprint density at radius 1 is 1.47 bits per heavy atom. The van der Waals surface area contributed by atoms with E-state index in [-0.39, 0.29) is 0 Å². The van der Waals surface area contributed by atoms with Crippen LogP contribution in [-0.4, -0.2) is 20.1 Å². The molecule has 0 radical (unpaired) electrons. The van der Waals surface area contributed by atoms with Gasteiger partial charge in [0.15, 0.2) is 4.60 Å². The zero-order valence-electron chi connectivity index (χ0n) is 9.35. The zero-order chi connectivity index (χ0) is 12.6. The smallest absolute Gasteiger partial charge is 0.154 e. The number of benzene rings is 1. The Labute approximate surface area is 112 Å². The van der Waals surface area contributed by atoms with Crippen LogP contribution in [0.5, 0.6) is 0 Å². The van der Waals surface area contributed by atoms with E-state index in [0.29, 0.717) is 15.3 Å². The summed E-state index contributed by atoms with van der Waals surface area (Å²) in [7, 11) is 1.74. The van der Waals surface area contributed by atoms with Crippen molar-refractivity contribution >= 4 is 27.5 Å². The van der Waals surface area contributed by atoms with Crippen LogP contribution in [0.1, 0.15) is 22.9 Å². The summed E-state index contributed by atoms with van der Waals surface area (Å²) in [5, 5.41) is 18.7. The summed E-state index contributed by atoms with van der Waals surface area (Å²) in [4.78, 5) is 0. The van der Waals surface area contributed by atoms with E-state index in [0.717, 1.165) is 11.1 Å². The first-order valence-corrected chi connectivity index (χ1v) is 6.17. The molecule has 0 saturated carbocycles. The average molecular weight is 317 g/mol. The van der Waals surface area contributed by atoms with Gasteiger partial charge < -0.3 is 5.11 Å². The molecule has 0 spiro atoms. The van der Waals surface area contributed by atoms with E-state index >= 15 is 0 Å². The first kappa shape index (κ1) is 12.5. The summed E-state index contributed by atoms with van der Waals surface area (Å²) in [6.45, 7) is 1.90. The second-order valence-electron chi connectivity index (χ2n) is 3.80. The maximum absolute atomic E-state index is 10.3. The number of aryl methyl sites for hydroxylation is 2. The van der Waals surface area contributed by atoms with Crippen LogP contribution in [0.15, 0.2) is 22.8 Å². The Morgan fingerprint density at radius 2 is 2.18 bits per heavy atom. The lowest BCUT2D eigenvalue weighted by Gasteiger charge is -2.12. The summed E-state index contributed by atoms with van der Waals surface area (Å²) in [6.07, 6.45) is -0.777. The number of aromatic nitrogens is 3. The molecule has 0 saturated heterocycles. The number of halogens is 2. The van der Waals surface area contributed by atoms with Crippen LogP contribution >= 0.6 is 27.5 Å². The van der Waals surface area contributed by atoms with Crippen LogP contribution in [0, 0.1) is 6.92 Å². The molecule has 0 fully saturated rings. The van der Waals surface area contributed by atoms with Gasteiger partial charge in [0.1, 0.15) is 11.8 Å². The molecule has 90 valence electrons. The van der Waals surface area contributed by atoms with Gasteiger partial charge in [-0.2, -0.15) is 0 Å². The minimum atomic E-state index is -0.777. The molecular weight excluding hydrogens is 305 g/mol. The van der Waals surface area contributed by atoms with Gasteiger partial charge in [-0.1, -0.05) is 28.9 Å². The van der Waals surface area contributed by atoms with Gasteiger partial charge in [-0.15, -0.1) is 5.10 Å². The molecule has 1 unspecified atom stereocenters. The molecule has 0 amide bonds. The predicted octanol–water partition coefficient (Wildman–Crippen LogP) is 2.62. The van der Waals surface area contributed by atoms with Crippen LogP contribution in [0.3, 0.4) is 0 Å². The van der Waals surface area contributed by atoms with Gasteiger partial charge in [-0.05, 0) is 40.0 Å². The highest BCUT2D eigenvalue weighted by Gasteiger charge is 2.19. The number of hydrogen-bond acceptors (Lipinski definition) is 3. The fourth-order valence-corrected chi connectivity index (χ4v) is 2.29. The van der Waals surface area contributed by atoms with Gasteiger partial charge in [0, 0.05) is 12.1 Å². The van der Waals surface area contributed by atoms with Crippen molar-refractivity contribution in [3.05, 3.63) is 44.6 Å². The first-order chi connectivity index (χ1) is 8.00. The predicted molar refractivity (Wildman–Crippen MR) is 69.0 cm³/mol. The maximum Gasteiger partial charge on any atom is 0.154 e. The molecule has 0 aliphatic rings. The fourth-order valence-electron chi connectivity index (χ4n) is 1.62. The number of aliphatic hydroxyl groups is 1. The Hall–Kier alpha value is -0.910. The fraction of sp³-hybridized carbons (Fsp3) is 0.273. The lowest BCUT2D eigenvalue weighted by molar-refractivity contribution is 0.209. The Morgan fingerprint density at radius 3 is 2.71 bits per heavy atom. The standard InChI is InChI=1S/C11H11BrClN3O/c1-6-5-7(3-4-8(6)13)10(17)9-11(12)14-15-16(9)2/h3-5,10,17H,1-2H3. The minimum Gasteiger partial charge on any atom is -0.382 e. The van der Waals surface area contributed by atoms with E-state index in [1.807, 2.05) is 13.0 Å². The lowest BCUT2D eigenvalue weighted by atomic mass is 10.0. The van der Waals surface area contributed by atoms with E-state index in [2.05, 4.69) is 26.2 Å². The summed E-state index contributed by atoms with van der Waals surface area (Å²) in [6, 6.07) is 5.42. The lowest BCUT2D eigenvalue weighted by Crippen LogP contribution is -2.07. The van der Waals surface area contributed by atoms with Crippen LogP contribution in [0.4, 0.5) is 0 Å². The highest BCUT2D eigenvalue weighted by atomic mass is 79.9. The molecule has 2 rings (SSSR count). The van der Waals surface area contributed by atoms with Crippen molar-refractivity contribution in [2.75, 3.05) is 0 Å². The molecule has 0 aliphatic carbocycles. The molecule has 0 aliphatic heterocycles. The average Bonchev–Trinajstić information content (AvgIpc) is 2.62. The summed E-state index contributed by atoms with van der Waals surface area (Å²) >= 11 is 9.22. The van der Waals surface area contributed by atoms with E-state index in [4.69, 9.17) is 11.6 Å². The van der Waals surface area contributed by atoms with Crippen LogP contribution in [0.2, 0.25) is 5.02 Å². The third-order valence-electron chi connectivity index (χ3n) is 2.58. The maximum atomic E-state index is 10.3. The summed E-state index contributed by atoms with van der Waals surface area (Å²) < 4.78 is 2.08. The van der Waals surface area contributed by atoms with Crippen molar-refractivity contribution in [1.82, 2.24) is 15.0 Å². The highest BCUT2D eigenvalue weighted by Crippen LogP contribution is 2.28. The second kappa shape index (κ2) is 4.76. The number of hydrogen-bond donors (Lipinski definition) is 1. The van der Waals surface area contributed by atoms with Crippen molar-refractivity contribution in [2.24, 2.45) is 7.05 Å². The van der Waals surface area contributed by atoms with Crippen molar-refractivity contribution in [2.45, 2.75) is 13.0 Å². The third kappa shape index (κ3) is 2.36. The summed E-state index contributed by atoms with van der Waals surface area (Å²) in [5.41, 5.74) is 2.30. The van der Waals surface area contributed by atoms with E-state index in [9.17, 15) is 5.11 Å². The van der Waals surface area contributed by atoms with Gasteiger partial charge in [0.05, 0.1) is 0 Å². The van der Waals surface area contributed by atoms with E-state index < -0.39 is 6.10 Å². The molecule has 1 aromatic carbocycles. The van der Waals surface area contributed by atoms with Gasteiger partial charge in [-0.25, -0.2) is 4.68 Å². The van der Waals surface area contributed by atoms with Crippen LogP contribution in [0.25, 0.3) is 0 Å². The van der Waals surface area contributed by atoms with Crippen molar-refractivity contribution in [3.63, 3.8) is 0 Å². The molecule has 1 aromatic heterocycles. The SMILES string of the molecule is Cc1cc(C(O)c2c(Br)nnn2C)ccc1Cl.